The van der Waals surface area contributed by atoms with Gasteiger partial charge in [-0.3, -0.25) is 20.1 Å². The summed E-state index contributed by atoms with van der Waals surface area (Å²) >= 11 is 0. The molecule has 67 heavy (non-hydrogen) atoms. The number of methoxy groups -OCH3 is 1. The molecule has 0 saturated heterocycles. The third-order valence-electron chi connectivity index (χ3n) is 10.2. The first-order valence-electron chi connectivity index (χ1n) is 21.2. The Bertz CT molecular complexity index is 3140. The summed E-state index contributed by atoms with van der Waals surface area (Å²) in [6.45, 7) is 0.957. The van der Waals surface area contributed by atoms with E-state index in [9.17, 15) is 14.4 Å². The van der Waals surface area contributed by atoms with Crippen LogP contribution < -0.4 is 16.0 Å². The lowest BCUT2D eigenvalue weighted by atomic mass is 10.0. The Morgan fingerprint density at radius 2 is 1.04 bits per heavy atom. The minimum atomic E-state index is -0.814. The predicted molar refractivity (Wildman–Crippen MR) is 258 cm³/mol. The number of aldehydes is 1. The van der Waals surface area contributed by atoms with Crippen LogP contribution in [0.2, 0.25) is 0 Å². The summed E-state index contributed by atoms with van der Waals surface area (Å²) in [4.78, 5) is 63.3. The molecule has 0 bridgehead atoms. The zero-order valence-electron chi connectivity index (χ0n) is 36.2. The lowest BCUT2D eigenvalue weighted by molar-refractivity contribution is -0.136. The molecule has 3 N–H and O–H groups in total. The number of esters is 1. The molecule has 14 heteroatoms. The van der Waals surface area contributed by atoms with Gasteiger partial charge in [0.05, 0.1) is 53.4 Å². The molecule has 14 nitrogen and oxygen atoms in total. The van der Waals surface area contributed by atoms with E-state index in [0.29, 0.717) is 36.5 Å². The van der Waals surface area contributed by atoms with Gasteiger partial charge in [-0.25, -0.2) is 29.5 Å². The van der Waals surface area contributed by atoms with E-state index >= 15 is 0 Å². The van der Waals surface area contributed by atoms with Gasteiger partial charge in [-0.1, -0.05) is 127 Å². The first kappa shape index (κ1) is 44.4. The number of pyridine rings is 2. The second-order valence-electron chi connectivity index (χ2n) is 14.7. The second kappa shape index (κ2) is 22.0. The van der Waals surface area contributed by atoms with Crippen LogP contribution >= 0.6 is 0 Å². The third kappa shape index (κ3) is 11.5. The van der Waals surface area contributed by atoms with Gasteiger partial charge in [0.15, 0.2) is 17.9 Å². The molecule has 9 rings (SSSR count). The van der Waals surface area contributed by atoms with E-state index in [4.69, 9.17) is 19.4 Å². The Morgan fingerprint density at radius 1 is 0.552 bits per heavy atom. The number of rotatable bonds is 14. The van der Waals surface area contributed by atoms with Gasteiger partial charge in [-0.2, -0.15) is 0 Å². The topological polar surface area (TPSA) is 183 Å². The van der Waals surface area contributed by atoms with Gasteiger partial charge in [-0.15, -0.1) is 0 Å². The van der Waals surface area contributed by atoms with E-state index in [1.54, 1.807) is 12.4 Å². The summed E-state index contributed by atoms with van der Waals surface area (Å²) in [5.41, 5.74) is 7.77. The lowest BCUT2D eigenvalue weighted by Gasteiger charge is -2.14. The molecule has 0 radical (unpaired) electrons. The van der Waals surface area contributed by atoms with E-state index in [1.807, 2.05) is 164 Å². The Kier molecular flexibility index (Phi) is 14.6. The van der Waals surface area contributed by atoms with Crippen LogP contribution in [-0.2, 0) is 34.0 Å². The van der Waals surface area contributed by atoms with Crippen molar-refractivity contribution in [2.24, 2.45) is 0 Å². The van der Waals surface area contributed by atoms with Gasteiger partial charge in [0, 0.05) is 18.5 Å². The fraction of sp³-hybridized carbons (Fsp3) is 0.0755. The van der Waals surface area contributed by atoms with Gasteiger partial charge in [0.2, 0.25) is 0 Å². The molecule has 4 aromatic heterocycles. The van der Waals surface area contributed by atoms with Gasteiger partial charge in [0.25, 0.3) is 0 Å². The van der Waals surface area contributed by atoms with Crippen LogP contribution in [-0.4, -0.2) is 55.4 Å². The normalized spacial score (nSPS) is 10.9. The van der Waals surface area contributed by atoms with Crippen molar-refractivity contribution in [3.8, 4) is 22.3 Å². The van der Waals surface area contributed by atoms with E-state index in [0.717, 1.165) is 55.5 Å². The van der Waals surface area contributed by atoms with Gasteiger partial charge in [-0.05, 0) is 64.2 Å². The maximum atomic E-state index is 12.6. The first-order valence-corrected chi connectivity index (χ1v) is 21.2. The van der Waals surface area contributed by atoms with E-state index in [-0.39, 0.29) is 24.0 Å². The average molecular weight is 886 g/mol. The summed E-state index contributed by atoms with van der Waals surface area (Å²) in [7, 11) is 1.22. The summed E-state index contributed by atoms with van der Waals surface area (Å²) in [5, 5.41) is 10.9. The van der Waals surface area contributed by atoms with Crippen LogP contribution in [0.5, 0.6) is 0 Å². The molecule has 5 aromatic carbocycles. The van der Waals surface area contributed by atoms with Crippen LogP contribution in [0, 0.1) is 0 Å². The zero-order chi connectivity index (χ0) is 46.2. The Hall–Kier alpha value is -9.17. The molecule has 0 aliphatic carbocycles. The number of nitrogens with zero attached hydrogens (tertiary/aromatic N) is 6. The van der Waals surface area contributed by atoms with E-state index < -0.39 is 12.1 Å². The van der Waals surface area contributed by atoms with Gasteiger partial charge >= 0.3 is 12.1 Å². The average Bonchev–Trinajstić information content (AvgIpc) is 3.39. The molecule has 1 amide bonds. The fourth-order valence-corrected chi connectivity index (χ4v) is 7.10. The maximum Gasteiger partial charge on any atom is 0.412 e. The standard InChI is InChI=1S/C32H27N5O4.C21H16N4O/c1-40-31(38)27(36-32(39)41-21-22-11-4-2-5-12-22)19-28-35-26-17-10-16-25(23-13-6-3-7-14-23)29(26)30(37-28)34-20-24-15-8-9-18-33-24;26-14-19-24-18-11-6-10-17(15-7-2-1-3-8-15)20(18)21(25-19)23-13-16-9-4-5-12-22-16/h2-19H,20-21H2,1H3,(H,36,39)(H,34,35,37);1-12,14H,13H2,(H,23,24,25)/b27-19-;. The van der Waals surface area contributed by atoms with Crippen molar-refractivity contribution < 1.29 is 23.9 Å². The molecule has 0 aliphatic heterocycles. The van der Waals surface area contributed by atoms with Gasteiger partial charge in [0.1, 0.15) is 23.9 Å². The number of nitrogens with one attached hydrogen (secondary N) is 3. The van der Waals surface area contributed by atoms with Crippen molar-refractivity contribution in [2.75, 3.05) is 17.7 Å². The largest absolute Gasteiger partial charge is 0.464 e. The molecule has 9 aromatic rings. The van der Waals surface area contributed by atoms with Crippen molar-refractivity contribution in [1.82, 2.24) is 35.2 Å². The van der Waals surface area contributed by atoms with Crippen molar-refractivity contribution in [2.45, 2.75) is 19.7 Å². The Balaban J connectivity index is 0.000000200. The number of aromatic nitrogens is 6. The van der Waals surface area contributed by atoms with E-state index in [2.05, 4.69) is 35.9 Å². The SMILES string of the molecule is COC(=O)/C(=C/c1nc(NCc2ccccn2)c2c(-c3ccccc3)cccc2n1)NC(=O)OCc1ccccc1.O=Cc1nc(NCc2ccccn2)c2c(-c3ccccc3)cccc2n1. The molecule has 0 unspecified atom stereocenters. The third-order valence-corrected chi connectivity index (χ3v) is 10.2. The van der Waals surface area contributed by atoms with Crippen LogP contribution in [0.3, 0.4) is 0 Å². The zero-order valence-corrected chi connectivity index (χ0v) is 36.2. The van der Waals surface area contributed by atoms with E-state index in [1.165, 1.54) is 13.2 Å². The van der Waals surface area contributed by atoms with Crippen molar-refractivity contribution in [3.63, 3.8) is 0 Å². The number of benzene rings is 5. The minimum absolute atomic E-state index is 0.0391. The Morgan fingerprint density at radius 3 is 1.54 bits per heavy atom. The highest BCUT2D eigenvalue weighted by Crippen LogP contribution is 2.34. The van der Waals surface area contributed by atoms with Crippen LogP contribution in [0.25, 0.3) is 50.1 Å². The predicted octanol–water partition coefficient (Wildman–Crippen LogP) is 9.86. The summed E-state index contributed by atoms with van der Waals surface area (Å²) in [5.74, 6) is 0.747. The lowest BCUT2D eigenvalue weighted by Crippen LogP contribution is -2.28. The fourth-order valence-electron chi connectivity index (χ4n) is 7.10. The minimum Gasteiger partial charge on any atom is -0.464 e. The maximum absolute atomic E-state index is 12.6. The number of anilines is 2. The molecule has 0 spiro atoms. The molecule has 0 atom stereocenters. The van der Waals surface area contributed by atoms with Crippen LogP contribution in [0.1, 0.15) is 33.4 Å². The molecule has 0 saturated carbocycles. The number of amides is 1. The highest BCUT2D eigenvalue weighted by Gasteiger charge is 2.19. The van der Waals surface area contributed by atoms with Crippen LogP contribution in [0.4, 0.5) is 16.4 Å². The quantitative estimate of drug-likeness (QED) is 0.0533. The number of alkyl carbamates (subject to hydrolysis) is 1. The highest BCUT2D eigenvalue weighted by atomic mass is 16.6. The number of fused-ring (bicyclic) bond motifs is 2. The summed E-state index contributed by atoms with van der Waals surface area (Å²) in [6, 6.07) is 52.3. The number of ether oxygens (including phenoxy) is 2. The first-order chi connectivity index (χ1) is 32.9. The number of carbonyl (C=O) groups excluding carboxylic acids is 3. The molecule has 0 fully saturated rings. The molecule has 4 heterocycles. The number of carbonyl (C=O) groups is 3. The molecular weight excluding hydrogens is 843 g/mol. The smallest absolute Gasteiger partial charge is 0.412 e. The summed E-state index contributed by atoms with van der Waals surface area (Å²) in [6.07, 6.45) is 4.69. The number of hydrogen-bond acceptors (Lipinski definition) is 13. The highest BCUT2D eigenvalue weighted by molar-refractivity contribution is 6.04. The number of hydrogen-bond donors (Lipinski definition) is 3. The molecule has 0 aliphatic rings. The summed E-state index contributed by atoms with van der Waals surface area (Å²) < 4.78 is 10.2. The van der Waals surface area contributed by atoms with Crippen molar-refractivity contribution in [3.05, 3.63) is 210 Å². The van der Waals surface area contributed by atoms with Gasteiger partial charge < -0.3 is 20.1 Å². The van der Waals surface area contributed by atoms with Crippen molar-refractivity contribution in [1.29, 1.82) is 0 Å². The Labute approximate surface area is 385 Å². The van der Waals surface area contributed by atoms with Crippen LogP contribution in [0.15, 0.2) is 182 Å². The van der Waals surface area contributed by atoms with Crippen molar-refractivity contribution >= 4 is 57.9 Å². The second-order valence-corrected chi connectivity index (χ2v) is 14.7. The molecule has 330 valence electrons. The molecular formula is C53H43N9O5. The monoisotopic (exact) mass is 885 g/mol.